The Morgan fingerprint density at radius 1 is 1.47 bits per heavy atom. The molecule has 6 heteroatoms. The molecule has 0 aromatic heterocycles. The van der Waals surface area contributed by atoms with Gasteiger partial charge in [-0.2, -0.15) is 0 Å². The fourth-order valence-electron chi connectivity index (χ4n) is 1.97. The molecule has 1 aliphatic rings. The Labute approximate surface area is 103 Å². The normalized spacial score (nSPS) is 21.9. The lowest BCUT2D eigenvalue weighted by atomic mass is 10.1. The summed E-state index contributed by atoms with van der Waals surface area (Å²) in [6.45, 7) is 4.15. The van der Waals surface area contributed by atoms with Gasteiger partial charge < -0.3 is 10.0 Å². The third-order valence-electron chi connectivity index (χ3n) is 3.55. The molecule has 1 fully saturated rings. The number of carbonyl (C=O) groups is 1. The number of likely N-dealkylation sites (tertiary alicyclic amines) is 1. The lowest BCUT2D eigenvalue weighted by Crippen LogP contribution is -2.48. The molecule has 0 bridgehead atoms. The molecule has 0 saturated carbocycles. The third kappa shape index (κ3) is 2.98. The minimum Gasteiger partial charge on any atom is -0.396 e. The van der Waals surface area contributed by atoms with Crippen LogP contribution in [0.1, 0.15) is 26.7 Å². The number of sulfone groups is 1. The quantitative estimate of drug-likeness (QED) is 0.777. The van der Waals surface area contributed by atoms with Crippen LogP contribution in [0.25, 0.3) is 0 Å². The zero-order chi connectivity index (χ0) is 13.3. The highest BCUT2D eigenvalue weighted by molar-refractivity contribution is 7.92. The zero-order valence-electron chi connectivity index (χ0n) is 10.6. The lowest BCUT2D eigenvalue weighted by molar-refractivity contribution is -0.132. The maximum Gasteiger partial charge on any atom is 0.243 e. The van der Waals surface area contributed by atoms with Crippen molar-refractivity contribution in [3.05, 3.63) is 0 Å². The van der Waals surface area contributed by atoms with E-state index in [9.17, 15) is 13.2 Å². The topological polar surface area (TPSA) is 74.7 Å². The van der Waals surface area contributed by atoms with Crippen LogP contribution in [0.5, 0.6) is 0 Å². The summed E-state index contributed by atoms with van der Waals surface area (Å²) in [6.07, 6.45) is 2.60. The van der Waals surface area contributed by atoms with Gasteiger partial charge in [0.25, 0.3) is 0 Å². The van der Waals surface area contributed by atoms with E-state index in [0.717, 1.165) is 12.7 Å². The second-order valence-corrected chi connectivity index (χ2v) is 7.77. The second-order valence-electron chi connectivity index (χ2n) is 5.20. The van der Waals surface area contributed by atoms with Crippen LogP contribution in [-0.2, 0) is 14.6 Å². The Morgan fingerprint density at radius 2 is 2.06 bits per heavy atom. The molecule has 1 N–H and O–H groups in total. The SMILES string of the molecule is CC(C)(C(=O)N1CCC(CCO)C1)S(C)(=O)=O. The van der Waals surface area contributed by atoms with E-state index >= 15 is 0 Å². The second kappa shape index (κ2) is 4.94. The summed E-state index contributed by atoms with van der Waals surface area (Å²) in [4.78, 5) is 13.7. The largest absolute Gasteiger partial charge is 0.396 e. The van der Waals surface area contributed by atoms with Gasteiger partial charge in [-0.1, -0.05) is 0 Å². The van der Waals surface area contributed by atoms with E-state index < -0.39 is 14.6 Å². The number of nitrogens with zero attached hydrogens (tertiary/aromatic N) is 1. The van der Waals surface area contributed by atoms with E-state index in [1.807, 2.05) is 0 Å². The van der Waals surface area contributed by atoms with Gasteiger partial charge in [-0.3, -0.25) is 4.79 Å². The average molecular weight is 263 g/mol. The van der Waals surface area contributed by atoms with Crippen molar-refractivity contribution < 1.29 is 18.3 Å². The average Bonchev–Trinajstić information content (AvgIpc) is 2.64. The number of carbonyl (C=O) groups excluding carboxylic acids is 1. The summed E-state index contributed by atoms with van der Waals surface area (Å²) < 4.78 is 21.8. The molecule has 1 unspecified atom stereocenters. The number of aliphatic hydroxyl groups excluding tert-OH is 1. The van der Waals surface area contributed by atoms with E-state index in [4.69, 9.17) is 5.11 Å². The molecule has 0 radical (unpaired) electrons. The zero-order valence-corrected chi connectivity index (χ0v) is 11.5. The highest BCUT2D eigenvalue weighted by Crippen LogP contribution is 2.25. The van der Waals surface area contributed by atoms with Gasteiger partial charge in [-0.15, -0.1) is 0 Å². The molecule has 0 aromatic carbocycles. The van der Waals surface area contributed by atoms with Crippen molar-refractivity contribution in [3.8, 4) is 0 Å². The predicted molar refractivity (Wildman–Crippen MR) is 65.3 cm³/mol. The highest BCUT2D eigenvalue weighted by atomic mass is 32.2. The molecular formula is C11H21NO4S. The summed E-state index contributed by atoms with van der Waals surface area (Å²) in [5.41, 5.74) is 0. The molecule has 0 aliphatic carbocycles. The Bertz CT molecular complexity index is 388. The number of rotatable bonds is 4. The van der Waals surface area contributed by atoms with Crippen molar-refractivity contribution in [2.24, 2.45) is 5.92 Å². The standard InChI is InChI=1S/C11H21NO4S/c1-11(2,17(3,15)16)10(14)12-6-4-9(8-12)5-7-13/h9,13H,4-8H2,1-3H3. The molecule has 1 heterocycles. The van der Waals surface area contributed by atoms with Crippen LogP contribution in [0, 0.1) is 5.92 Å². The number of amides is 1. The predicted octanol–water partition coefficient (Wildman–Crippen LogP) is 0.0405. The Kier molecular flexibility index (Phi) is 4.19. The summed E-state index contributed by atoms with van der Waals surface area (Å²) in [5.74, 6) is -0.0419. The first-order chi connectivity index (χ1) is 7.70. The van der Waals surface area contributed by atoms with Crippen molar-refractivity contribution >= 4 is 15.7 Å². The first-order valence-electron chi connectivity index (χ1n) is 5.80. The maximum atomic E-state index is 12.1. The van der Waals surface area contributed by atoms with E-state index in [1.54, 1.807) is 4.90 Å². The molecule has 0 spiro atoms. The molecule has 5 nitrogen and oxygen atoms in total. The lowest BCUT2D eigenvalue weighted by Gasteiger charge is -2.27. The van der Waals surface area contributed by atoms with Gasteiger partial charge in [0.05, 0.1) is 0 Å². The van der Waals surface area contributed by atoms with Gasteiger partial charge in [0.1, 0.15) is 4.75 Å². The van der Waals surface area contributed by atoms with Crippen LogP contribution in [0.15, 0.2) is 0 Å². The van der Waals surface area contributed by atoms with Crippen molar-refractivity contribution in [3.63, 3.8) is 0 Å². The van der Waals surface area contributed by atoms with Crippen molar-refractivity contribution in [1.82, 2.24) is 4.90 Å². The highest BCUT2D eigenvalue weighted by Gasteiger charge is 2.42. The molecule has 1 amide bonds. The molecule has 0 aromatic rings. The number of hydrogen-bond acceptors (Lipinski definition) is 4. The minimum absolute atomic E-state index is 0.113. The molecular weight excluding hydrogens is 242 g/mol. The number of aliphatic hydroxyl groups is 1. The molecule has 1 saturated heterocycles. The fourth-order valence-corrected chi connectivity index (χ4v) is 2.42. The minimum atomic E-state index is -3.41. The van der Waals surface area contributed by atoms with Gasteiger partial charge >= 0.3 is 0 Å². The monoisotopic (exact) mass is 263 g/mol. The summed E-state index contributed by atoms with van der Waals surface area (Å²) in [6, 6.07) is 0. The molecule has 1 atom stereocenters. The van der Waals surface area contributed by atoms with Crippen LogP contribution in [0.3, 0.4) is 0 Å². The summed E-state index contributed by atoms with van der Waals surface area (Å²) in [7, 11) is -3.41. The van der Waals surface area contributed by atoms with Crippen molar-refractivity contribution in [1.29, 1.82) is 0 Å². The van der Waals surface area contributed by atoms with Crippen molar-refractivity contribution in [2.75, 3.05) is 26.0 Å². The first kappa shape index (κ1) is 14.4. The Morgan fingerprint density at radius 3 is 2.53 bits per heavy atom. The molecule has 100 valence electrons. The smallest absolute Gasteiger partial charge is 0.243 e. The van der Waals surface area contributed by atoms with E-state index in [1.165, 1.54) is 13.8 Å². The molecule has 1 rings (SSSR count). The van der Waals surface area contributed by atoms with Gasteiger partial charge in [-0.05, 0) is 32.6 Å². The van der Waals surface area contributed by atoms with Crippen molar-refractivity contribution in [2.45, 2.75) is 31.4 Å². The fraction of sp³-hybridized carbons (Fsp3) is 0.909. The molecule has 1 aliphatic heterocycles. The summed E-state index contributed by atoms with van der Waals surface area (Å²) in [5, 5.41) is 8.84. The van der Waals surface area contributed by atoms with E-state index in [-0.39, 0.29) is 12.5 Å². The van der Waals surface area contributed by atoms with Crippen LogP contribution < -0.4 is 0 Å². The van der Waals surface area contributed by atoms with Crippen LogP contribution in [0.2, 0.25) is 0 Å². The van der Waals surface area contributed by atoms with Gasteiger partial charge in [0, 0.05) is 26.0 Å². The first-order valence-corrected chi connectivity index (χ1v) is 7.69. The molecule has 17 heavy (non-hydrogen) atoms. The van der Waals surface area contributed by atoms with E-state index in [2.05, 4.69) is 0 Å². The van der Waals surface area contributed by atoms with Crippen LogP contribution in [-0.4, -0.2) is 55.0 Å². The van der Waals surface area contributed by atoms with Gasteiger partial charge in [0.2, 0.25) is 5.91 Å². The van der Waals surface area contributed by atoms with Crippen LogP contribution in [0.4, 0.5) is 0 Å². The van der Waals surface area contributed by atoms with Crippen LogP contribution >= 0.6 is 0 Å². The maximum absolute atomic E-state index is 12.1. The Balaban J connectivity index is 2.73. The van der Waals surface area contributed by atoms with Gasteiger partial charge in [0.15, 0.2) is 9.84 Å². The summed E-state index contributed by atoms with van der Waals surface area (Å²) >= 11 is 0. The van der Waals surface area contributed by atoms with Gasteiger partial charge in [-0.25, -0.2) is 8.42 Å². The van der Waals surface area contributed by atoms with E-state index in [0.29, 0.717) is 25.4 Å². The number of hydrogen-bond donors (Lipinski definition) is 1. The third-order valence-corrected chi connectivity index (χ3v) is 5.58. The Hall–Kier alpha value is -0.620.